The van der Waals surface area contributed by atoms with Crippen molar-refractivity contribution >= 4 is 27.5 Å². The molecule has 1 amide bonds. The Hall–Kier alpha value is -1.86. The second kappa shape index (κ2) is 4.85. The molecular weight excluding hydrogens is 336 g/mol. The van der Waals surface area contributed by atoms with Crippen molar-refractivity contribution < 1.29 is 9.53 Å². The first-order valence-electron chi connectivity index (χ1n) is 6.46. The first-order chi connectivity index (χ1) is 9.88. The minimum Gasteiger partial charge on any atom is -0.452 e. The predicted octanol–water partition coefficient (Wildman–Crippen LogP) is 2.54. The van der Waals surface area contributed by atoms with Gasteiger partial charge >= 0.3 is 0 Å². The molecule has 1 aromatic heterocycles. The van der Waals surface area contributed by atoms with Gasteiger partial charge in [0, 0.05) is 24.4 Å². The average Bonchev–Trinajstić information content (AvgIpc) is 2.82. The number of aryl methyl sites for hydroxylation is 2. The monoisotopic (exact) mass is 350 g/mol. The lowest BCUT2D eigenvalue weighted by Crippen LogP contribution is -2.19. The highest BCUT2D eigenvalue weighted by Gasteiger charge is 2.28. The molecule has 0 fully saturated rings. The summed E-state index contributed by atoms with van der Waals surface area (Å²) in [4.78, 5) is 11.6. The largest absolute Gasteiger partial charge is 0.452 e. The van der Waals surface area contributed by atoms with E-state index in [1.165, 1.54) is 0 Å². The van der Waals surface area contributed by atoms with Crippen LogP contribution >= 0.6 is 15.9 Å². The number of amides is 1. The molecule has 0 saturated heterocycles. The van der Waals surface area contributed by atoms with Crippen molar-refractivity contribution in [2.45, 2.75) is 19.9 Å². The van der Waals surface area contributed by atoms with E-state index in [0.29, 0.717) is 17.2 Å². The lowest BCUT2D eigenvalue weighted by Gasteiger charge is -2.11. The molecule has 0 radical (unpaired) electrons. The number of aromatic nitrogens is 2. The molecule has 1 aliphatic rings. The molecule has 0 saturated carbocycles. The Balaban J connectivity index is 2.01. The maximum Gasteiger partial charge on any atom is 0.245 e. The van der Waals surface area contributed by atoms with Crippen molar-refractivity contribution in [2.75, 3.05) is 5.32 Å². The molecular formula is C14H15BrN4O2. The molecule has 2 aromatic rings. The molecule has 3 rings (SSSR count). The predicted molar refractivity (Wildman–Crippen MR) is 82.5 cm³/mol. The highest BCUT2D eigenvalue weighted by molar-refractivity contribution is 9.10. The fourth-order valence-corrected chi connectivity index (χ4v) is 2.82. The summed E-state index contributed by atoms with van der Waals surface area (Å²) in [6.07, 6.45) is 0. The fraction of sp³-hybridized carbons (Fsp3) is 0.286. The maximum atomic E-state index is 11.6. The van der Waals surface area contributed by atoms with Gasteiger partial charge < -0.3 is 15.8 Å². The van der Waals surface area contributed by atoms with Gasteiger partial charge in [-0.3, -0.25) is 9.48 Å². The van der Waals surface area contributed by atoms with Crippen molar-refractivity contribution in [3.05, 3.63) is 33.6 Å². The van der Waals surface area contributed by atoms with Crippen LogP contribution in [-0.4, -0.2) is 15.7 Å². The van der Waals surface area contributed by atoms with Gasteiger partial charge in [-0.1, -0.05) is 0 Å². The van der Waals surface area contributed by atoms with Gasteiger partial charge in [0.05, 0.1) is 10.2 Å². The standard InChI is InChI=1S/C14H15BrN4O2/c1-6-13(7(2)19(3)18-6)21-11-5-10-8(4-9(11)15)12(16)14(20)17-10/h4-5,12H,16H2,1-3H3,(H,17,20). The number of nitrogens with two attached hydrogens (primary N) is 1. The summed E-state index contributed by atoms with van der Waals surface area (Å²) in [6.45, 7) is 3.83. The van der Waals surface area contributed by atoms with E-state index in [1.807, 2.05) is 27.0 Å². The van der Waals surface area contributed by atoms with Gasteiger partial charge in [0.2, 0.25) is 5.91 Å². The van der Waals surface area contributed by atoms with Gasteiger partial charge in [-0.2, -0.15) is 5.10 Å². The SMILES string of the molecule is Cc1nn(C)c(C)c1Oc1cc2c(cc1Br)C(N)C(=O)N2. The highest BCUT2D eigenvalue weighted by Crippen LogP contribution is 2.40. The van der Waals surface area contributed by atoms with E-state index in [4.69, 9.17) is 10.5 Å². The van der Waals surface area contributed by atoms with E-state index in [0.717, 1.165) is 21.4 Å². The van der Waals surface area contributed by atoms with Crippen LogP contribution in [0.2, 0.25) is 0 Å². The van der Waals surface area contributed by atoms with Crippen LogP contribution in [0, 0.1) is 13.8 Å². The first-order valence-corrected chi connectivity index (χ1v) is 7.25. The molecule has 3 N–H and O–H groups in total. The number of hydrogen-bond donors (Lipinski definition) is 2. The molecule has 7 heteroatoms. The summed E-state index contributed by atoms with van der Waals surface area (Å²) in [5, 5.41) is 7.07. The Morgan fingerprint density at radius 1 is 1.43 bits per heavy atom. The number of hydrogen-bond acceptors (Lipinski definition) is 4. The van der Waals surface area contributed by atoms with Crippen molar-refractivity contribution in [2.24, 2.45) is 12.8 Å². The number of ether oxygens (including phenoxy) is 1. The van der Waals surface area contributed by atoms with Crippen LogP contribution in [0.25, 0.3) is 0 Å². The van der Waals surface area contributed by atoms with Crippen molar-refractivity contribution in [3.63, 3.8) is 0 Å². The average molecular weight is 351 g/mol. The molecule has 1 aromatic carbocycles. The Morgan fingerprint density at radius 2 is 2.14 bits per heavy atom. The van der Waals surface area contributed by atoms with Crippen LogP contribution in [0.1, 0.15) is 23.0 Å². The Labute approximate surface area is 130 Å². The molecule has 1 aliphatic heterocycles. The number of fused-ring (bicyclic) bond motifs is 1. The lowest BCUT2D eigenvalue weighted by atomic mass is 10.1. The molecule has 1 unspecified atom stereocenters. The van der Waals surface area contributed by atoms with Crippen LogP contribution in [0.15, 0.2) is 16.6 Å². The summed E-state index contributed by atoms with van der Waals surface area (Å²) in [7, 11) is 1.87. The molecule has 1 atom stereocenters. The minimum atomic E-state index is -0.632. The zero-order valence-electron chi connectivity index (χ0n) is 11.9. The summed E-state index contributed by atoms with van der Waals surface area (Å²) < 4.78 is 8.48. The van der Waals surface area contributed by atoms with Gasteiger partial charge in [0.15, 0.2) is 5.75 Å². The topological polar surface area (TPSA) is 82.2 Å². The fourth-order valence-electron chi connectivity index (χ4n) is 2.38. The molecule has 21 heavy (non-hydrogen) atoms. The molecule has 6 nitrogen and oxygen atoms in total. The van der Waals surface area contributed by atoms with Gasteiger partial charge in [0.1, 0.15) is 17.5 Å². The molecule has 0 aliphatic carbocycles. The number of anilines is 1. The second-order valence-corrected chi connectivity index (χ2v) is 5.92. The summed E-state index contributed by atoms with van der Waals surface area (Å²) >= 11 is 3.46. The zero-order valence-corrected chi connectivity index (χ0v) is 13.5. The Kier molecular flexibility index (Phi) is 3.26. The second-order valence-electron chi connectivity index (χ2n) is 5.06. The van der Waals surface area contributed by atoms with E-state index in [9.17, 15) is 4.79 Å². The molecule has 2 heterocycles. The summed E-state index contributed by atoms with van der Waals surface area (Å²) in [5.74, 6) is 1.12. The van der Waals surface area contributed by atoms with Crippen LogP contribution in [0.3, 0.4) is 0 Å². The van der Waals surface area contributed by atoms with Crippen molar-refractivity contribution in [1.29, 1.82) is 0 Å². The highest BCUT2D eigenvalue weighted by atomic mass is 79.9. The quantitative estimate of drug-likeness (QED) is 0.871. The Morgan fingerprint density at radius 3 is 2.76 bits per heavy atom. The number of nitrogens with zero attached hydrogens (tertiary/aromatic N) is 2. The third kappa shape index (κ3) is 2.22. The van der Waals surface area contributed by atoms with Crippen molar-refractivity contribution in [1.82, 2.24) is 9.78 Å². The number of rotatable bonds is 2. The molecule has 110 valence electrons. The van der Waals surface area contributed by atoms with Gasteiger partial charge in [-0.25, -0.2) is 0 Å². The lowest BCUT2D eigenvalue weighted by molar-refractivity contribution is -0.116. The first kappa shape index (κ1) is 14.1. The number of carbonyl (C=O) groups is 1. The van der Waals surface area contributed by atoms with E-state index < -0.39 is 6.04 Å². The van der Waals surface area contributed by atoms with Crippen LogP contribution < -0.4 is 15.8 Å². The third-order valence-electron chi connectivity index (χ3n) is 3.63. The molecule has 0 bridgehead atoms. The maximum absolute atomic E-state index is 11.6. The van der Waals surface area contributed by atoms with E-state index in [2.05, 4.69) is 26.3 Å². The molecule has 0 spiro atoms. The van der Waals surface area contributed by atoms with Crippen LogP contribution in [0.5, 0.6) is 11.5 Å². The van der Waals surface area contributed by atoms with E-state index in [1.54, 1.807) is 10.7 Å². The van der Waals surface area contributed by atoms with Gasteiger partial charge in [-0.15, -0.1) is 0 Å². The van der Waals surface area contributed by atoms with Gasteiger partial charge in [-0.05, 0) is 35.8 Å². The smallest absolute Gasteiger partial charge is 0.245 e. The zero-order chi connectivity index (χ0) is 15.3. The summed E-state index contributed by atoms with van der Waals surface area (Å²) in [6, 6.07) is 2.96. The Bertz CT molecular complexity index is 754. The van der Waals surface area contributed by atoms with E-state index >= 15 is 0 Å². The van der Waals surface area contributed by atoms with Gasteiger partial charge in [0.25, 0.3) is 0 Å². The normalized spacial score (nSPS) is 16.8. The van der Waals surface area contributed by atoms with E-state index in [-0.39, 0.29) is 5.91 Å². The third-order valence-corrected chi connectivity index (χ3v) is 4.25. The van der Waals surface area contributed by atoms with Crippen LogP contribution in [0.4, 0.5) is 5.69 Å². The number of halogens is 1. The minimum absolute atomic E-state index is 0.206. The number of benzene rings is 1. The number of carbonyl (C=O) groups excluding carboxylic acids is 1. The van der Waals surface area contributed by atoms with Crippen LogP contribution in [-0.2, 0) is 11.8 Å². The number of nitrogens with one attached hydrogen (secondary N) is 1. The van der Waals surface area contributed by atoms with Crippen molar-refractivity contribution in [3.8, 4) is 11.5 Å². The summed E-state index contributed by atoms with van der Waals surface area (Å²) in [5.41, 5.74) is 9.01.